The van der Waals surface area contributed by atoms with E-state index in [4.69, 9.17) is 0 Å². The zero-order valence-corrected chi connectivity index (χ0v) is 6.12. The molecule has 3 rings (SSSR count). The molecular formula is C8H9N3. The molecule has 2 aromatic heterocycles. The van der Waals surface area contributed by atoms with Crippen molar-refractivity contribution in [3.8, 4) is 0 Å². The summed E-state index contributed by atoms with van der Waals surface area (Å²) in [7, 11) is 0. The van der Waals surface area contributed by atoms with Gasteiger partial charge in [0.1, 0.15) is 0 Å². The summed E-state index contributed by atoms with van der Waals surface area (Å²) in [6.45, 7) is 0. The van der Waals surface area contributed by atoms with Gasteiger partial charge in [-0.05, 0) is 12.8 Å². The predicted octanol–water partition coefficient (Wildman–Crippen LogP) is 1.54. The fraction of sp³-hybridized carbons (Fsp3) is 0.375. The molecule has 1 aliphatic rings. The first-order chi connectivity index (χ1) is 5.43. The Balaban J connectivity index is 2.22. The Kier molecular flexibility index (Phi) is 0.820. The van der Waals surface area contributed by atoms with Crippen LogP contribution in [0.25, 0.3) is 5.65 Å². The number of hydrogen-bond acceptors (Lipinski definition) is 1. The lowest BCUT2D eigenvalue weighted by molar-refractivity contribution is 0.898. The van der Waals surface area contributed by atoms with Crippen molar-refractivity contribution in [1.82, 2.24) is 14.6 Å². The van der Waals surface area contributed by atoms with Crippen LogP contribution in [0, 0.1) is 0 Å². The molecule has 1 saturated carbocycles. The number of nitrogens with zero attached hydrogens (tertiary/aromatic N) is 2. The number of H-pyrrole nitrogens is 1. The van der Waals surface area contributed by atoms with Crippen LogP contribution in [0.3, 0.4) is 0 Å². The summed E-state index contributed by atoms with van der Waals surface area (Å²) in [6, 6.07) is 2.14. The molecule has 1 N–H and O–H groups in total. The predicted molar refractivity (Wildman–Crippen MR) is 41.5 cm³/mol. The zero-order valence-electron chi connectivity index (χ0n) is 6.12. The van der Waals surface area contributed by atoms with Crippen LogP contribution in [-0.2, 0) is 0 Å². The molecule has 1 aliphatic carbocycles. The van der Waals surface area contributed by atoms with Gasteiger partial charge in [-0.1, -0.05) is 0 Å². The number of aromatic amines is 1. The Labute approximate surface area is 64.0 Å². The van der Waals surface area contributed by atoms with Gasteiger partial charge in [0.25, 0.3) is 0 Å². The van der Waals surface area contributed by atoms with Crippen molar-refractivity contribution in [1.29, 1.82) is 0 Å². The second-order valence-corrected chi connectivity index (χ2v) is 3.14. The van der Waals surface area contributed by atoms with E-state index in [0.717, 1.165) is 11.6 Å². The van der Waals surface area contributed by atoms with Crippen molar-refractivity contribution in [3.05, 3.63) is 24.2 Å². The summed E-state index contributed by atoms with van der Waals surface area (Å²) in [5.41, 5.74) is 2.38. The van der Waals surface area contributed by atoms with Gasteiger partial charge in [0, 0.05) is 30.1 Å². The van der Waals surface area contributed by atoms with Crippen LogP contribution in [0.2, 0.25) is 0 Å². The molecule has 0 aromatic carbocycles. The minimum atomic E-state index is 0.789. The van der Waals surface area contributed by atoms with E-state index >= 15 is 0 Å². The minimum absolute atomic E-state index is 0.789. The molecule has 11 heavy (non-hydrogen) atoms. The van der Waals surface area contributed by atoms with Crippen molar-refractivity contribution in [2.24, 2.45) is 0 Å². The molecule has 3 heteroatoms. The standard InChI is InChI=1S/C8H9N3/c1-2-6(1)7-5-8-9-3-4-11(8)10-7/h3-6,10H,1-2H2. The second kappa shape index (κ2) is 1.67. The zero-order chi connectivity index (χ0) is 7.26. The van der Waals surface area contributed by atoms with Crippen molar-refractivity contribution in [2.45, 2.75) is 18.8 Å². The Hall–Kier alpha value is -1.25. The van der Waals surface area contributed by atoms with Crippen LogP contribution >= 0.6 is 0 Å². The number of nitrogens with one attached hydrogen (secondary N) is 1. The normalized spacial score (nSPS) is 17.8. The van der Waals surface area contributed by atoms with Gasteiger partial charge in [0.15, 0.2) is 5.65 Å². The van der Waals surface area contributed by atoms with Crippen LogP contribution in [0.4, 0.5) is 0 Å². The lowest BCUT2D eigenvalue weighted by atomic mass is 10.3. The van der Waals surface area contributed by atoms with Gasteiger partial charge < -0.3 is 0 Å². The topological polar surface area (TPSA) is 33.1 Å². The maximum atomic E-state index is 4.18. The molecule has 2 aromatic rings. The van der Waals surface area contributed by atoms with Gasteiger partial charge in [0.2, 0.25) is 0 Å². The van der Waals surface area contributed by atoms with Crippen LogP contribution in [0.5, 0.6) is 0 Å². The first-order valence-corrected chi connectivity index (χ1v) is 3.95. The molecule has 3 nitrogen and oxygen atoms in total. The van der Waals surface area contributed by atoms with Crippen molar-refractivity contribution in [3.63, 3.8) is 0 Å². The molecule has 56 valence electrons. The van der Waals surface area contributed by atoms with Gasteiger partial charge in [0.05, 0.1) is 0 Å². The van der Waals surface area contributed by atoms with E-state index in [1.807, 2.05) is 16.9 Å². The Morgan fingerprint density at radius 2 is 2.45 bits per heavy atom. The summed E-state index contributed by atoms with van der Waals surface area (Å²) >= 11 is 0. The summed E-state index contributed by atoms with van der Waals surface area (Å²) in [6.07, 6.45) is 6.43. The van der Waals surface area contributed by atoms with E-state index in [0.29, 0.717) is 0 Å². The van der Waals surface area contributed by atoms with Gasteiger partial charge in [-0.15, -0.1) is 0 Å². The first-order valence-electron chi connectivity index (χ1n) is 3.95. The van der Waals surface area contributed by atoms with Crippen molar-refractivity contribution < 1.29 is 0 Å². The average molecular weight is 147 g/mol. The third-order valence-electron chi connectivity index (χ3n) is 2.22. The lowest BCUT2D eigenvalue weighted by Gasteiger charge is -1.86. The lowest BCUT2D eigenvalue weighted by Crippen LogP contribution is -1.82. The highest BCUT2D eigenvalue weighted by Crippen LogP contribution is 2.39. The van der Waals surface area contributed by atoms with Crippen LogP contribution in [0.15, 0.2) is 18.5 Å². The fourth-order valence-electron chi connectivity index (χ4n) is 1.43. The van der Waals surface area contributed by atoms with Crippen LogP contribution < -0.4 is 0 Å². The van der Waals surface area contributed by atoms with Crippen molar-refractivity contribution >= 4 is 5.65 Å². The molecule has 0 bridgehead atoms. The highest BCUT2D eigenvalue weighted by atomic mass is 15.3. The fourth-order valence-corrected chi connectivity index (χ4v) is 1.43. The Bertz CT molecular complexity index is 352. The van der Waals surface area contributed by atoms with Crippen LogP contribution in [-0.4, -0.2) is 14.6 Å². The summed E-state index contributed by atoms with van der Waals surface area (Å²) < 4.78 is 1.97. The highest BCUT2D eigenvalue weighted by molar-refractivity contribution is 5.40. The summed E-state index contributed by atoms with van der Waals surface area (Å²) in [5, 5.41) is 3.29. The molecule has 1 fully saturated rings. The summed E-state index contributed by atoms with van der Waals surface area (Å²) in [5.74, 6) is 0.789. The number of aromatic nitrogens is 3. The number of fused-ring (bicyclic) bond motifs is 1. The second-order valence-electron chi connectivity index (χ2n) is 3.14. The number of hydrogen-bond donors (Lipinski definition) is 1. The third kappa shape index (κ3) is 0.707. The van der Waals surface area contributed by atoms with E-state index in [9.17, 15) is 0 Å². The third-order valence-corrected chi connectivity index (χ3v) is 2.22. The molecular weight excluding hydrogens is 138 g/mol. The quantitative estimate of drug-likeness (QED) is 0.652. The molecule has 0 aliphatic heterocycles. The van der Waals surface area contributed by atoms with Gasteiger partial charge >= 0.3 is 0 Å². The molecule has 0 unspecified atom stereocenters. The van der Waals surface area contributed by atoms with Gasteiger partial charge in [-0.3, -0.25) is 5.10 Å². The monoisotopic (exact) mass is 147 g/mol. The smallest absolute Gasteiger partial charge is 0.153 e. The molecule has 0 spiro atoms. The number of rotatable bonds is 1. The molecule has 0 atom stereocenters. The van der Waals surface area contributed by atoms with E-state index < -0.39 is 0 Å². The Morgan fingerprint density at radius 3 is 3.18 bits per heavy atom. The number of imidazole rings is 1. The largest absolute Gasteiger partial charge is 0.297 e. The van der Waals surface area contributed by atoms with Gasteiger partial charge in [-0.2, -0.15) is 0 Å². The highest BCUT2D eigenvalue weighted by Gasteiger charge is 2.25. The molecule has 2 heterocycles. The maximum Gasteiger partial charge on any atom is 0.153 e. The molecule has 0 saturated heterocycles. The van der Waals surface area contributed by atoms with E-state index in [2.05, 4.69) is 16.1 Å². The maximum absolute atomic E-state index is 4.18. The average Bonchev–Trinajstić information content (AvgIpc) is 2.60. The van der Waals surface area contributed by atoms with E-state index in [1.165, 1.54) is 18.5 Å². The van der Waals surface area contributed by atoms with E-state index in [-0.39, 0.29) is 0 Å². The van der Waals surface area contributed by atoms with Crippen LogP contribution in [0.1, 0.15) is 24.5 Å². The summed E-state index contributed by atoms with van der Waals surface area (Å²) in [4.78, 5) is 4.18. The first kappa shape index (κ1) is 5.41. The van der Waals surface area contributed by atoms with Crippen molar-refractivity contribution in [2.75, 3.05) is 0 Å². The molecule has 0 radical (unpaired) electrons. The SMILES string of the molecule is c1cn2[nH]c(C3CC3)cc2n1. The van der Waals surface area contributed by atoms with E-state index in [1.54, 1.807) is 0 Å². The van der Waals surface area contributed by atoms with Gasteiger partial charge in [-0.25, -0.2) is 9.50 Å². The Morgan fingerprint density at radius 1 is 1.55 bits per heavy atom. The molecule has 0 amide bonds. The minimum Gasteiger partial charge on any atom is -0.297 e.